The second kappa shape index (κ2) is 8.27. The number of carbonyl (C=O) groups is 1. The molecular weight excluding hydrogens is 228 g/mol. The van der Waals surface area contributed by atoms with Gasteiger partial charge in [-0.05, 0) is 39.2 Å². The largest absolute Gasteiger partial charge is 0.378 e. The van der Waals surface area contributed by atoms with Gasteiger partial charge in [-0.15, -0.1) is 0 Å². The van der Waals surface area contributed by atoms with E-state index in [1.54, 1.807) is 0 Å². The highest BCUT2D eigenvalue weighted by Gasteiger charge is 2.20. The van der Waals surface area contributed by atoms with Crippen LogP contribution in [0.1, 0.15) is 33.1 Å². The number of ether oxygens (including phenoxy) is 1. The molecule has 1 aliphatic heterocycles. The fourth-order valence-electron chi connectivity index (χ4n) is 2.16. The van der Waals surface area contributed by atoms with Crippen LogP contribution in [0.3, 0.4) is 0 Å². The molecule has 4 heteroatoms. The maximum Gasteiger partial charge on any atom is 0.243 e. The fraction of sp³-hybridized carbons (Fsp3) is 0.786. The quantitative estimate of drug-likeness (QED) is 0.554. The first-order valence-corrected chi connectivity index (χ1v) is 6.89. The molecule has 1 amide bonds. The summed E-state index contributed by atoms with van der Waals surface area (Å²) in [6, 6.07) is 0.639. The molecule has 4 nitrogen and oxygen atoms in total. The van der Waals surface area contributed by atoms with Crippen LogP contribution in [-0.4, -0.2) is 49.2 Å². The first kappa shape index (κ1) is 15.2. The molecule has 1 N–H and O–H groups in total. The minimum Gasteiger partial charge on any atom is -0.378 e. The van der Waals surface area contributed by atoms with E-state index in [2.05, 4.69) is 30.6 Å². The Kier molecular flexibility index (Phi) is 6.98. The Morgan fingerprint density at radius 1 is 1.50 bits per heavy atom. The maximum atomic E-state index is 10.9. The summed E-state index contributed by atoms with van der Waals surface area (Å²) in [4.78, 5) is 13.4. The summed E-state index contributed by atoms with van der Waals surface area (Å²) >= 11 is 0. The van der Waals surface area contributed by atoms with E-state index in [1.807, 2.05) is 0 Å². The minimum absolute atomic E-state index is 0.111. The van der Waals surface area contributed by atoms with Crippen molar-refractivity contribution in [2.45, 2.75) is 45.3 Å². The van der Waals surface area contributed by atoms with Crippen molar-refractivity contribution in [3.8, 4) is 0 Å². The third kappa shape index (κ3) is 5.65. The third-order valence-electron chi connectivity index (χ3n) is 3.37. The summed E-state index contributed by atoms with van der Waals surface area (Å²) < 4.78 is 5.82. The van der Waals surface area contributed by atoms with Gasteiger partial charge in [-0.25, -0.2) is 0 Å². The molecule has 0 aromatic rings. The van der Waals surface area contributed by atoms with Crippen LogP contribution < -0.4 is 5.32 Å². The first-order valence-electron chi connectivity index (χ1n) is 6.89. The lowest BCUT2D eigenvalue weighted by Gasteiger charge is -2.34. The van der Waals surface area contributed by atoms with E-state index in [9.17, 15) is 4.79 Å². The molecule has 0 aromatic carbocycles. The minimum atomic E-state index is -0.111. The van der Waals surface area contributed by atoms with E-state index < -0.39 is 0 Å². The predicted octanol–water partition coefficient (Wildman–Crippen LogP) is 1.57. The molecule has 1 rings (SSSR count). The molecule has 1 heterocycles. The van der Waals surface area contributed by atoms with Gasteiger partial charge in [0, 0.05) is 32.3 Å². The van der Waals surface area contributed by atoms with Crippen LogP contribution in [0.25, 0.3) is 0 Å². The molecule has 0 spiro atoms. The summed E-state index contributed by atoms with van der Waals surface area (Å²) in [5.41, 5.74) is 0. The zero-order chi connectivity index (χ0) is 13.4. The maximum absolute atomic E-state index is 10.9. The summed E-state index contributed by atoms with van der Waals surface area (Å²) in [6.45, 7) is 11.5. The van der Waals surface area contributed by atoms with Gasteiger partial charge in [-0.2, -0.15) is 0 Å². The third-order valence-corrected chi connectivity index (χ3v) is 3.37. The van der Waals surface area contributed by atoms with Crippen LogP contribution in [0.5, 0.6) is 0 Å². The number of carbonyl (C=O) groups excluding carboxylic acids is 1. The molecule has 1 saturated heterocycles. The highest BCUT2D eigenvalue weighted by Crippen LogP contribution is 2.15. The van der Waals surface area contributed by atoms with Gasteiger partial charge >= 0.3 is 0 Å². The summed E-state index contributed by atoms with van der Waals surface area (Å²) in [5.74, 6) is -0.111. The van der Waals surface area contributed by atoms with Gasteiger partial charge in [0.15, 0.2) is 0 Å². The van der Waals surface area contributed by atoms with E-state index in [-0.39, 0.29) is 5.91 Å². The number of hydrogen-bond donors (Lipinski definition) is 1. The van der Waals surface area contributed by atoms with Crippen LogP contribution in [0.2, 0.25) is 0 Å². The molecule has 0 atom stereocenters. The summed E-state index contributed by atoms with van der Waals surface area (Å²) in [7, 11) is 0. The monoisotopic (exact) mass is 254 g/mol. The fourth-order valence-corrected chi connectivity index (χ4v) is 2.16. The van der Waals surface area contributed by atoms with Crippen LogP contribution in [-0.2, 0) is 9.53 Å². The molecule has 0 bridgehead atoms. The second-order valence-corrected chi connectivity index (χ2v) is 5.05. The Morgan fingerprint density at radius 3 is 2.72 bits per heavy atom. The van der Waals surface area contributed by atoms with Crippen molar-refractivity contribution in [2.75, 3.05) is 26.2 Å². The van der Waals surface area contributed by atoms with Gasteiger partial charge in [0.05, 0.1) is 6.10 Å². The molecule has 0 saturated carbocycles. The van der Waals surface area contributed by atoms with Crippen LogP contribution in [0.15, 0.2) is 12.7 Å². The zero-order valence-corrected chi connectivity index (χ0v) is 11.7. The Hall–Kier alpha value is -0.870. The van der Waals surface area contributed by atoms with E-state index in [4.69, 9.17) is 4.74 Å². The highest BCUT2D eigenvalue weighted by molar-refractivity contribution is 5.86. The lowest BCUT2D eigenvalue weighted by atomic mass is 10.1. The van der Waals surface area contributed by atoms with E-state index in [0.29, 0.717) is 18.7 Å². The van der Waals surface area contributed by atoms with E-state index >= 15 is 0 Å². The Bertz CT molecular complexity index is 259. The average Bonchev–Trinajstić information content (AvgIpc) is 2.38. The van der Waals surface area contributed by atoms with Crippen molar-refractivity contribution in [3.05, 3.63) is 12.7 Å². The molecule has 1 fully saturated rings. The number of likely N-dealkylation sites (tertiary alicyclic amines) is 1. The van der Waals surface area contributed by atoms with Gasteiger partial charge in [0.25, 0.3) is 0 Å². The Morgan fingerprint density at radius 2 is 2.17 bits per heavy atom. The topological polar surface area (TPSA) is 41.6 Å². The van der Waals surface area contributed by atoms with Gasteiger partial charge in [0.1, 0.15) is 0 Å². The molecule has 18 heavy (non-hydrogen) atoms. The molecule has 104 valence electrons. The standard InChI is InChI=1S/C14H26N2O2/c1-4-14(17)15-8-5-11-18-13-6-9-16(10-7-13)12(2)3/h4,12-13H,1,5-11H2,2-3H3,(H,15,17). The number of hydrogen-bond acceptors (Lipinski definition) is 3. The lowest BCUT2D eigenvalue weighted by molar-refractivity contribution is -0.116. The molecule has 0 aliphatic carbocycles. The molecule has 0 aromatic heterocycles. The van der Waals surface area contributed by atoms with Gasteiger partial charge < -0.3 is 15.0 Å². The normalized spacial score (nSPS) is 17.9. The predicted molar refractivity (Wildman–Crippen MR) is 73.5 cm³/mol. The smallest absolute Gasteiger partial charge is 0.243 e. The molecule has 0 unspecified atom stereocenters. The number of nitrogens with one attached hydrogen (secondary N) is 1. The average molecular weight is 254 g/mol. The van der Waals surface area contributed by atoms with Crippen molar-refractivity contribution >= 4 is 5.91 Å². The van der Waals surface area contributed by atoms with Gasteiger partial charge in [-0.3, -0.25) is 4.79 Å². The van der Waals surface area contributed by atoms with Gasteiger partial charge in [0.2, 0.25) is 5.91 Å². The van der Waals surface area contributed by atoms with Crippen LogP contribution in [0.4, 0.5) is 0 Å². The first-order chi connectivity index (χ1) is 8.63. The SMILES string of the molecule is C=CC(=O)NCCCOC1CCN(C(C)C)CC1. The number of nitrogens with zero attached hydrogens (tertiary/aromatic N) is 1. The van der Waals surface area contributed by atoms with E-state index in [1.165, 1.54) is 6.08 Å². The number of amides is 1. The van der Waals surface area contributed by atoms with Gasteiger partial charge in [-0.1, -0.05) is 6.58 Å². The van der Waals surface area contributed by atoms with Crippen molar-refractivity contribution in [1.82, 2.24) is 10.2 Å². The van der Waals surface area contributed by atoms with Crippen molar-refractivity contribution < 1.29 is 9.53 Å². The molecule has 0 radical (unpaired) electrons. The molecule has 1 aliphatic rings. The Balaban J connectivity index is 2.01. The van der Waals surface area contributed by atoms with E-state index in [0.717, 1.165) is 39.0 Å². The van der Waals surface area contributed by atoms with Crippen LogP contribution in [0, 0.1) is 0 Å². The summed E-state index contributed by atoms with van der Waals surface area (Å²) in [5, 5.41) is 2.75. The zero-order valence-electron chi connectivity index (χ0n) is 11.7. The van der Waals surface area contributed by atoms with Crippen molar-refractivity contribution in [2.24, 2.45) is 0 Å². The lowest BCUT2D eigenvalue weighted by Crippen LogP contribution is -2.41. The highest BCUT2D eigenvalue weighted by atomic mass is 16.5. The summed E-state index contributed by atoms with van der Waals surface area (Å²) in [6.07, 6.45) is 4.80. The Labute approximate surface area is 110 Å². The molecular formula is C14H26N2O2. The number of piperidine rings is 1. The van der Waals surface area contributed by atoms with Crippen molar-refractivity contribution in [3.63, 3.8) is 0 Å². The van der Waals surface area contributed by atoms with Crippen LogP contribution >= 0.6 is 0 Å². The second-order valence-electron chi connectivity index (χ2n) is 5.05. The number of rotatable bonds is 7. The van der Waals surface area contributed by atoms with Crippen molar-refractivity contribution in [1.29, 1.82) is 0 Å².